The fourth-order valence-electron chi connectivity index (χ4n) is 3.15. The number of terminal acetylenes is 1. The van der Waals surface area contributed by atoms with Crippen LogP contribution in [0.4, 0.5) is 10.2 Å². The largest absolute Gasteiger partial charge is 0.394 e. The maximum atomic E-state index is 14.5. The highest BCUT2D eigenvalue weighted by Crippen LogP contribution is 2.34. The molecule has 9 heteroatoms. The van der Waals surface area contributed by atoms with Crippen LogP contribution in [0.3, 0.4) is 0 Å². The Morgan fingerprint density at radius 3 is 2.75 bits per heavy atom. The summed E-state index contributed by atoms with van der Waals surface area (Å²) in [5.74, 6) is 2.90. The van der Waals surface area contributed by atoms with Crippen molar-refractivity contribution in [2.24, 2.45) is 0 Å². The lowest BCUT2D eigenvalue weighted by molar-refractivity contribution is -0.0459. The second-order valence-corrected chi connectivity index (χ2v) is 6.39. The molecule has 1 aliphatic rings. The number of alkyl halides is 1. The number of halogens is 1. The SMILES string of the molecule is C#Cc1nc(NCc2ccccc2)c2ncn([C@@H]3O[C@H](CO)[C@@H](O)[C@@H]3F)c2n1. The summed E-state index contributed by atoms with van der Waals surface area (Å²) in [7, 11) is 0. The molecule has 3 N–H and O–H groups in total. The van der Waals surface area contributed by atoms with Crippen LogP contribution in [0, 0.1) is 12.3 Å². The van der Waals surface area contributed by atoms with Crippen LogP contribution in [0.1, 0.15) is 17.6 Å². The molecular weight excluding hydrogens is 365 g/mol. The van der Waals surface area contributed by atoms with E-state index in [1.807, 2.05) is 30.3 Å². The third-order valence-corrected chi connectivity index (χ3v) is 4.60. The highest BCUT2D eigenvalue weighted by atomic mass is 19.1. The second kappa shape index (κ2) is 7.52. The molecule has 0 amide bonds. The zero-order valence-corrected chi connectivity index (χ0v) is 14.7. The minimum atomic E-state index is -1.75. The maximum Gasteiger partial charge on any atom is 0.208 e. The van der Waals surface area contributed by atoms with Crippen molar-refractivity contribution in [3.05, 3.63) is 48.0 Å². The molecule has 1 aliphatic heterocycles. The van der Waals surface area contributed by atoms with Crippen molar-refractivity contribution in [1.82, 2.24) is 19.5 Å². The first kappa shape index (κ1) is 18.3. The number of aliphatic hydroxyl groups excluding tert-OH is 2. The van der Waals surface area contributed by atoms with E-state index in [1.165, 1.54) is 10.9 Å². The smallest absolute Gasteiger partial charge is 0.208 e. The number of aromatic nitrogens is 4. The Labute approximate surface area is 160 Å². The molecule has 4 rings (SSSR count). The molecule has 0 saturated carbocycles. The van der Waals surface area contributed by atoms with E-state index in [1.54, 1.807) is 0 Å². The van der Waals surface area contributed by atoms with Crippen LogP contribution < -0.4 is 5.32 Å². The summed E-state index contributed by atoms with van der Waals surface area (Å²) in [6, 6.07) is 9.70. The number of aliphatic hydroxyl groups is 2. The van der Waals surface area contributed by atoms with Gasteiger partial charge < -0.3 is 20.3 Å². The quantitative estimate of drug-likeness (QED) is 0.565. The number of anilines is 1. The van der Waals surface area contributed by atoms with Gasteiger partial charge in [-0.25, -0.2) is 19.3 Å². The van der Waals surface area contributed by atoms with E-state index in [0.717, 1.165) is 5.56 Å². The third kappa shape index (κ3) is 3.18. The van der Waals surface area contributed by atoms with E-state index in [4.69, 9.17) is 11.2 Å². The van der Waals surface area contributed by atoms with Gasteiger partial charge in [-0.1, -0.05) is 30.3 Å². The first-order valence-corrected chi connectivity index (χ1v) is 8.70. The van der Waals surface area contributed by atoms with Crippen LogP contribution in [-0.2, 0) is 11.3 Å². The van der Waals surface area contributed by atoms with Crippen molar-refractivity contribution in [3.8, 4) is 12.3 Å². The molecule has 1 saturated heterocycles. The van der Waals surface area contributed by atoms with E-state index in [9.17, 15) is 14.6 Å². The van der Waals surface area contributed by atoms with Gasteiger partial charge in [0.15, 0.2) is 29.4 Å². The number of imidazole rings is 1. The highest BCUT2D eigenvalue weighted by molar-refractivity contribution is 5.83. The van der Waals surface area contributed by atoms with Gasteiger partial charge in [-0.05, 0) is 11.5 Å². The third-order valence-electron chi connectivity index (χ3n) is 4.60. The minimum absolute atomic E-state index is 0.109. The predicted molar refractivity (Wildman–Crippen MR) is 98.9 cm³/mol. The average Bonchev–Trinajstić information content (AvgIpc) is 3.28. The van der Waals surface area contributed by atoms with Crippen LogP contribution in [0.2, 0.25) is 0 Å². The molecule has 8 nitrogen and oxygen atoms in total. The van der Waals surface area contributed by atoms with Crippen LogP contribution in [0.15, 0.2) is 36.7 Å². The zero-order chi connectivity index (χ0) is 19.7. The van der Waals surface area contributed by atoms with Crippen LogP contribution in [-0.4, -0.2) is 54.7 Å². The topological polar surface area (TPSA) is 105 Å². The Morgan fingerprint density at radius 1 is 1.29 bits per heavy atom. The Bertz CT molecular complexity index is 1020. The Kier molecular flexibility index (Phi) is 4.92. The Hall–Kier alpha value is -3.06. The number of hydrogen-bond acceptors (Lipinski definition) is 7. The highest BCUT2D eigenvalue weighted by Gasteiger charge is 2.45. The summed E-state index contributed by atoms with van der Waals surface area (Å²) < 4.78 is 21.3. The average molecular weight is 383 g/mol. The van der Waals surface area contributed by atoms with E-state index in [2.05, 4.69) is 26.2 Å². The van der Waals surface area contributed by atoms with Crippen molar-refractivity contribution < 1.29 is 19.3 Å². The van der Waals surface area contributed by atoms with Crippen molar-refractivity contribution >= 4 is 17.0 Å². The fraction of sp³-hybridized carbons (Fsp3) is 0.316. The van der Waals surface area contributed by atoms with Gasteiger partial charge >= 0.3 is 0 Å². The van der Waals surface area contributed by atoms with Crippen molar-refractivity contribution in [2.75, 3.05) is 11.9 Å². The second-order valence-electron chi connectivity index (χ2n) is 6.39. The Balaban J connectivity index is 1.70. The molecule has 0 bridgehead atoms. The molecular formula is C19H18FN5O3. The van der Waals surface area contributed by atoms with E-state index < -0.39 is 31.2 Å². The number of hydrogen-bond donors (Lipinski definition) is 3. The molecule has 1 fully saturated rings. The summed E-state index contributed by atoms with van der Waals surface area (Å²) in [6.07, 6.45) is 1.43. The first-order valence-electron chi connectivity index (χ1n) is 8.70. The molecule has 4 atom stereocenters. The number of benzene rings is 1. The van der Waals surface area contributed by atoms with Gasteiger partial charge in [0.1, 0.15) is 12.2 Å². The van der Waals surface area contributed by atoms with E-state index >= 15 is 0 Å². The van der Waals surface area contributed by atoms with Gasteiger partial charge in [0.05, 0.1) is 12.9 Å². The lowest BCUT2D eigenvalue weighted by Gasteiger charge is -2.15. The van der Waals surface area contributed by atoms with Gasteiger partial charge in [0, 0.05) is 6.54 Å². The number of nitrogens with zero attached hydrogens (tertiary/aromatic N) is 4. The molecule has 144 valence electrons. The number of fused-ring (bicyclic) bond motifs is 1. The summed E-state index contributed by atoms with van der Waals surface area (Å²) in [6.45, 7) is -0.0139. The van der Waals surface area contributed by atoms with Crippen LogP contribution >= 0.6 is 0 Å². The molecule has 2 aromatic heterocycles. The number of rotatable bonds is 5. The maximum absolute atomic E-state index is 14.5. The Morgan fingerprint density at radius 2 is 2.07 bits per heavy atom. The number of nitrogens with one attached hydrogen (secondary N) is 1. The van der Waals surface area contributed by atoms with Gasteiger partial charge in [-0.2, -0.15) is 0 Å². The summed E-state index contributed by atoms with van der Waals surface area (Å²) >= 11 is 0. The predicted octanol–water partition coefficient (Wildman–Crippen LogP) is 1.01. The van der Waals surface area contributed by atoms with E-state index in [-0.39, 0.29) is 11.5 Å². The lowest BCUT2D eigenvalue weighted by Crippen LogP contribution is -2.30. The molecule has 0 unspecified atom stereocenters. The van der Waals surface area contributed by atoms with Crippen LogP contribution in [0.5, 0.6) is 0 Å². The lowest BCUT2D eigenvalue weighted by atomic mass is 10.1. The summed E-state index contributed by atoms with van der Waals surface area (Å²) in [4.78, 5) is 12.8. The van der Waals surface area contributed by atoms with Crippen molar-refractivity contribution in [3.63, 3.8) is 0 Å². The summed E-state index contributed by atoms with van der Waals surface area (Å²) in [5.41, 5.74) is 1.71. The first-order chi connectivity index (χ1) is 13.6. The molecule has 3 aromatic rings. The van der Waals surface area contributed by atoms with Crippen molar-refractivity contribution in [2.45, 2.75) is 31.2 Å². The standard InChI is InChI=1S/C19H18FN5O3/c1-2-13-23-17(21-8-11-6-4-3-5-7-11)15-18(24-13)25(10-22-15)19-14(20)16(27)12(9-26)28-19/h1,3-7,10,12,14,16,19,26-27H,8-9H2,(H,21,23,24)/t12-,14+,16-,19-/m1/s1. The van der Waals surface area contributed by atoms with Gasteiger partial charge in [-0.3, -0.25) is 4.57 Å². The molecule has 0 aliphatic carbocycles. The van der Waals surface area contributed by atoms with Crippen LogP contribution in [0.25, 0.3) is 11.2 Å². The normalized spacial score (nSPS) is 24.4. The molecule has 1 aromatic carbocycles. The van der Waals surface area contributed by atoms with Gasteiger partial charge in [0.2, 0.25) is 5.82 Å². The fourth-order valence-corrected chi connectivity index (χ4v) is 3.15. The summed E-state index contributed by atoms with van der Waals surface area (Å²) in [5, 5.41) is 22.3. The number of ether oxygens (including phenoxy) is 1. The minimum Gasteiger partial charge on any atom is -0.394 e. The monoisotopic (exact) mass is 383 g/mol. The molecule has 0 radical (unpaired) electrons. The van der Waals surface area contributed by atoms with Gasteiger partial charge in [-0.15, -0.1) is 6.42 Å². The van der Waals surface area contributed by atoms with Gasteiger partial charge in [0.25, 0.3) is 0 Å². The molecule has 28 heavy (non-hydrogen) atoms. The molecule has 3 heterocycles. The zero-order valence-electron chi connectivity index (χ0n) is 14.7. The molecule has 0 spiro atoms. The van der Waals surface area contributed by atoms with Crippen molar-refractivity contribution in [1.29, 1.82) is 0 Å². The van der Waals surface area contributed by atoms with E-state index in [0.29, 0.717) is 17.9 Å².